The molecule has 1 aromatic carbocycles. The van der Waals surface area contributed by atoms with Gasteiger partial charge in [0.1, 0.15) is 5.75 Å². The second kappa shape index (κ2) is 4.95. The number of ether oxygens (including phenoxy) is 1. The van der Waals surface area contributed by atoms with Gasteiger partial charge in [0.2, 0.25) is 0 Å². The molecule has 2 N–H and O–H groups in total. The summed E-state index contributed by atoms with van der Waals surface area (Å²) in [6.45, 7) is -0.117. The third-order valence-corrected chi connectivity index (χ3v) is 1.98. The molecule has 0 atom stereocenters. The number of rotatable bonds is 5. The molecular formula is C10H5O8-. The first-order chi connectivity index (χ1) is 8.38. The van der Waals surface area contributed by atoms with Crippen LogP contribution in [0.2, 0.25) is 0 Å². The van der Waals surface area contributed by atoms with Crippen molar-refractivity contribution in [3.63, 3.8) is 0 Å². The van der Waals surface area contributed by atoms with Gasteiger partial charge in [0.05, 0.1) is 17.1 Å². The zero-order valence-corrected chi connectivity index (χ0v) is 8.58. The lowest BCUT2D eigenvalue weighted by molar-refractivity contribution is -0.255. The van der Waals surface area contributed by atoms with Gasteiger partial charge in [-0.3, -0.25) is 4.79 Å². The van der Waals surface area contributed by atoms with Crippen molar-refractivity contribution in [1.29, 1.82) is 0 Å². The Morgan fingerprint density at radius 1 is 1.06 bits per heavy atom. The Hall–Kier alpha value is -2.90. The van der Waals surface area contributed by atoms with Crippen LogP contribution in [0.1, 0.15) is 31.1 Å². The minimum Gasteiger partial charge on any atom is -0.545 e. The van der Waals surface area contributed by atoms with E-state index in [1.54, 1.807) is 0 Å². The van der Waals surface area contributed by atoms with Gasteiger partial charge in [0.15, 0.2) is 0 Å². The van der Waals surface area contributed by atoms with Gasteiger partial charge >= 0.3 is 11.9 Å². The maximum absolute atomic E-state index is 10.8. The lowest BCUT2D eigenvalue weighted by Crippen LogP contribution is -2.24. The van der Waals surface area contributed by atoms with Gasteiger partial charge in [0.25, 0.3) is 6.47 Å². The molecule has 0 aromatic heterocycles. The van der Waals surface area contributed by atoms with E-state index < -0.39 is 40.3 Å². The van der Waals surface area contributed by atoms with Gasteiger partial charge in [-0.05, 0) is 12.1 Å². The third kappa shape index (κ3) is 2.43. The molecule has 0 fully saturated rings. The Kier molecular flexibility index (Phi) is 3.62. The summed E-state index contributed by atoms with van der Waals surface area (Å²) < 4.78 is 4.27. The first kappa shape index (κ1) is 13.2. The molecule has 0 aliphatic rings. The predicted octanol–water partition coefficient (Wildman–Crippen LogP) is -1.02. The summed E-state index contributed by atoms with van der Waals surface area (Å²) in [6.07, 6.45) is 0. The van der Waals surface area contributed by atoms with Crippen LogP contribution in [-0.4, -0.2) is 34.6 Å². The summed E-state index contributed by atoms with van der Waals surface area (Å²) in [5.74, 6) is -5.64. The Labute approximate surface area is 99.0 Å². The first-order valence-electron chi connectivity index (χ1n) is 4.34. The summed E-state index contributed by atoms with van der Waals surface area (Å²) in [7, 11) is 0. The van der Waals surface area contributed by atoms with E-state index in [0.717, 1.165) is 0 Å². The molecule has 94 valence electrons. The number of hydrogen-bond acceptors (Lipinski definition) is 6. The number of hydrogen-bond donors (Lipinski definition) is 2. The van der Waals surface area contributed by atoms with Gasteiger partial charge in [-0.25, -0.2) is 9.59 Å². The Morgan fingerprint density at radius 3 is 1.94 bits per heavy atom. The minimum absolute atomic E-state index is 0.117. The van der Waals surface area contributed by atoms with E-state index >= 15 is 0 Å². The number of carbonyl (C=O) groups excluding carboxylic acids is 2. The molecule has 1 aromatic rings. The highest BCUT2D eigenvalue weighted by Crippen LogP contribution is 2.23. The van der Waals surface area contributed by atoms with Crippen LogP contribution in [0.15, 0.2) is 12.1 Å². The summed E-state index contributed by atoms with van der Waals surface area (Å²) >= 11 is 0. The van der Waals surface area contributed by atoms with Crippen LogP contribution in [-0.2, 0) is 4.79 Å². The van der Waals surface area contributed by atoms with Crippen molar-refractivity contribution in [3.8, 4) is 5.75 Å². The lowest BCUT2D eigenvalue weighted by Gasteiger charge is -2.11. The smallest absolute Gasteiger partial charge is 0.336 e. The van der Waals surface area contributed by atoms with Crippen LogP contribution in [0.3, 0.4) is 0 Å². The predicted molar refractivity (Wildman–Crippen MR) is 51.4 cm³/mol. The van der Waals surface area contributed by atoms with Crippen LogP contribution in [0.4, 0.5) is 0 Å². The molecule has 0 unspecified atom stereocenters. The van der Waals surface area contributed by atoms with Gasteiger partial charge in [0, 0.05) is 5.56 Å². The molecule has 0 radical (unpaired) electrons. The molecule has 0 aliphatic heterocycles. The molecule has 0 heterocycles. The van der Waals surface area contributed by atoms with Crippen LogP contribution in [0.25, 0.3) is 0 Å². The normalized spacial score (nSPS) is 9.56. The van der Waals surface area contributed by atoms with Gasteiger partial charge in [-0.1, -0.05) is 0 Å². The van der Waals surface area contributed by atoms with E-state index in [2.05, 4.69) is 4.74 Å². The van der Waals surface area contributed by atoms with Crippen molar-refractivity contribution in [3.05, 3.63) is 28.8 Å². The van der Waals surface area contributed by atoms with Crippen molar-refractivity contribution in [2.45, 2.75) is 0 Å². The lowest BCUT2D eigenvalue weighted by atomic mass is 10.0. The van der Waals surface area contributed by atoms with Crippen molar-refractivity contribution in [2.24, 2.45) is 0 Å². The van der Waals surface area contributed by atoms with Crippen molar-refractivity contribution in [2.75, 3.05) is 0 Å². The molecule has 0 amide bonds. The zero-order valence-electron chi connectivity index (χ0n) is 8.58. The maximum atomic E-state index is 10.8. The largest absolute Gasteiger partial charge is 0.545 e. The molecule has 8 heteroatoms. The topological polar surface area (TPSA) is 141 Å². The van der Waals surface area contributed by atoms with E-state index in [9.17, 15) is 24.3 Å². The second-order valence-electron chi connectivity index (χ2n) is 3.01. The summed E-state index contributed by atoms with van der Waals surface area (Å²) in [5, 5.41) is 28.2. The molecule has 1 rings (SSSR count). The standard InChI is InChI=1S/C10H6O8/c11-3-18-7-2-5(9(14)15)4(8(12)13)1-6(7)10(16)17/h1-3H,(H,12,13)(H,14,15)(H,16,17)/p-1. The molecule has 8 nitrogen and oxygen atoms in total. The minimum atomic E-state index is -1.80. The molecule has 0 spiro atoms. The summed E-state index contributed by atoms with van der Waals surface area (Å²) in [5.41, 5.74) is -2.19. The van der Waals surface area contributed by atoms with Crippen molar-refractivity contribution >= 4 is 24.4 Å². The average molecular weight is 253 g/mol. The number of carbonyl (C=O) groups is 4. The zero-order chi connectivity index (χ0) is 13.9. The molecule has 0 bridgehead atoms. The van der Waals surface area contributed by atoms with Crippen molar-refractivity contribution in [1.82, 2.24) is 0 Å². The number of benzene rings is 1. The number of carboxylic acids is 3. The molecule has 0 saturated heterocycles. The van der Waals surface area contributed by atoms with Gasteiger partial charge < -0.3 is 24.9 Å². The number of aromatic carboxylic acids is 3. The van der Waals surface area contributed by atoms with Crippen LogP contribution < -0.4 is 9.84 Å². The SMILES string of the molecule is O=COc1cc(C(=O)O)c(C(=O)O)cc1C(=O)[O-]. The quantitative estimate of drug-likeness (QED) is 0.635. The van der Waals surface area contributed by atoms with Crippen molar-refractivity contribution < 1.29 is 39.2 Å². The highest BCUT2D eigenvalue weighted by Gasteiger charge is 2.20. The molecule has 0 aliphatic carbocycles. The monoisotopic (exact) mass is 253 g/mol. The highest BCUT2D eigenvalue weighted by molar-refractivity contribution is 6.04. The van der Waals surface area contributed by atoms with Crippen LogP contribution in [0, 0.1) is 0 Å². The van der Waals surface area contributed by atoms with Gasteiger partial charge in [-0.2, -0.15) is 0 Å². The summed E-state index contributed by atoms with van der Waals surface area (Å²) in [4.78, 5) is 42.4. The molecular weight excluding hydrogens is 248 g/mol. The van der Waals surface area contributed by atoms with E-state index in [1.165, 1.54) is 0 Å². The van der Waals surface area contributed by atoms with E-state index in [-0.39, 0.29) is 6.47 Å². The highest BCUT2D eigenvalue weighted by atomic mass is 16.5. The maximum Gasteiger partial charge on any atom is 0.336 e. The van der Waals surface area contributed by atoms with Crippen LogP contribution >= 0.6 is 0 Å². The van der Waals surface area contributed by atoms with Gasteiger partial charge in [-0.15, -0.1) is 0 Å². The fraction of sp³-hybridized carbons (Fsp3) is 0. The molecule has 18 heavy (non-hydrogen) atoms. The second-order valence-corrected chi connectivity index (χ2v) is 3.01. The number of carboxylic acid groups (broad SMARTS) is 3. The van der Waals surface area contributed by atoms with E-state index in [0.29, 0.717) is 12.1 Å². The Balaban J connectivity index is 3.59. The Morgan fingerprint density at radius 2 is 1.56 bits per heavy atom. The average Bonchev–Trinajstić information content (AvgIpc) is 2.28. The van der Waals surface area contributed by atoms with E-state index in [4.69, 9.17) is 10.2 Å². The fourth-order valence-electron chi connectivity index (χ4n) is 1.24. The van der Waals surface area contributed by atoms with Crippen LogP contribution in [0.5, 0.6) is 5.75 Å². The Bertz CT molecular complexity index is 545. The third-order valence-electron chi connectivity index (χ3n) is 1.98. The fourth-order valence-corrected chi connectivity index (χ4v) is 1.24. The van der Waals surface area contributed by atoms with E-state index in [1.807, 2.05) is 0 Å². The molecule has 0 saturated carbocycles. The summed E-state index contributed by atoms with van der Waals surface area (Å²) in [6, 6.07) is 1.19. The first-order valence-corrected chi connectivity index (χ1v) is 4.34.